The Balaban J connectivity index is 2.08. The topological polar surface area (TPSA) is 66.6 Å². The SMILES string of the molecule is NC1Cc2ccc(-c3cccc(Cl)c3)cc2N(O)C1=O. The number of nitrogens with zero attached hydrogens (tertiary/aromatic N) is 1. The van der Waals surface area contributed by atoms with E-state index in [1.807, 2.05) is 30.3 Å². The molecule has 1 aliphatic heterocycles. The summed E-state index contributed by atoms with van der Waals surface area (Å²) in [5, 5.41) is 11.2. The average Bonchev–Trinajstić information content (AvgIpc) is 2.45. The lowest BCUT2D eigenvalue weighted by molar-refractivity contribution is -0.125. The molecule has 102 valence electrons. The summed E-state index contributed by atoms with van der Waals surface area (Å²) in [5.41, 5.74) is 8.83. The molecule has 5 heteroatoms. The van der Waals surface area contributed by atoms with E-state index >= 15 is 0 Å². The number of rotatable bonds is 1. The number of carbonyl (C=O) groups is 1. The molecule has 3 N–H and O–H groups in total. The van der Waals surface area contributed by atoms with Crippen LogP contribution in [-0.4, -0.2) is 17.2 Å². The van der Waals surface area contributed by atoms with Gasteiger partial charge in [0.2, 0.25) is 0 Å². The Morgan fingerprint density at radius 1 is 1.20 bits per heavy atom. The van der Waals surface area contributed by atoms with Crippen LogP contribution in [0.2, 0.25) is 5.02 Å². The van der Waals surface area contributed by atoms with E-state index in [9.17, 15) is 10.0 Å². The monoisotopic (exact) mass is 288 g/mol. The zero-order valence-electron chi connectivity index (χ0n) is 10.6. The number of halogens is 1. The van der Waals surface area contributed by atoms with Gasteiger partial charge in [0.1, 0.15) is 0 Å². The van der Waals surface area contributed by atoms with Crippen molar-refractivity contribution in [1.29, 1.82) is 0 Å². The molecule has 4 nitrogen and oxygen atoms in total. The number of hydroxylamine groups is 1. The Hall–Kier alpha value is -1.88. The number of carbonyl (C=O) groups excluding carboxylic acids is 1. The second-order valence-corrected chi connectivity index (χ2v) is 5.25. The minimum absolute atomic E-state index is 0.432. The zero-order chi connectivity index (χ0) is 14.3. The lowest BCUT2D eigenvalue weighted by atomic mass is 9.95. The van der Waals surface area contributed by atoms with Crippen LogP contribution in [0.3, 0.4) is 0 Å². The quantitative estimate of drug-likeness (QED) is 0.793. The molecule has 0 fully saturated rings. The molecule has 0 saturated carbocycles. The van der Waals surface area contributed by atoms with Crippen LogP contribution < -0.4 is 10.8 Å². The van der Waals surface area contributed by atoms with E-state index in [0.29, 0.717) is 22.2 Å². The highest BCUT2D eigenvalue weighted by Gasteiger charge is 2.29. The maximum Gasteiger partial charge on any atom is 0.267 e. The molecule has 2 aromatic carbocycles. The van der Waals surface area contributed by atoms with Crippen LogP contribution in [0.4, 0.5) is 5.69 Å². The van der Waals surface area contributed by atoms with Crippen molar-refractivity contribution in [2.45, 2.75) is 12.5 Å². The van der Waals surface area contributed by atoms with Crippen molar-refractivity contribution in [2.24, 2.45) is 5.73 Å². The van der Waals surface area contributed by atoms with Gasteiger partial charge >= 0.3 is 0 Å². The van der Waals surface area contributed by atoms with Gasteiger partial charge in [0.05, 0.1) is 11.7 Å². The summed E-state index contributed by atoms with van der Waals surface area (Å²) in [6.07, 6.45) is 0.432. The number of amides is 1. The molecule has 1 aliphatic rings. The van der Waals surface area contributed by atoms with E-state index in [4.69, 9.17) is 17.3 Å². The van der Waals surface area contributed by atoms with E-state index in [1.54, 1.807) is 12.1 Å². The maximum atomic E-state index is 11.7. The van der Waals surface area contributed by atoms with Gasteiger partial charge in [-0.05, 0) is 41.3 Å². The first-order valence-corrected chi connectivity index (χ1v) is 6.61. The molecule has 0 aliphatic carbocycles. The average molecular weight is 289 g/mol. The Bertz CT molecular complexity index is 687. The highest BCUT2D eigenvalue weighted by Crippen LogP contribution is 2.32. The van der Waals surface area contributed by atoms with E-state index in [0.717, 1.165) is 16.7 Å². The van der Waals surface area contributed by atoms with Crippen LogP contribution >= 0.6 is 11.6 Å². The molecule has 0 aromatic heterocycles. The molecular formula is C15H13ClN2O2. The summed E-state index contributed by atoms with van der Waals surface area (Å²) in [4.78, 5) is 11.7. The fourth-order valence-electron chi connectivity index (χ4n) is 2.38. The number of hydrogen-bond donors (Lipinski definition) is 2. The molecule has 1 unspecified atom stereocenters. The fourth-order valence-corrected chi connectivity index (χ4v) is 2.57. The Morgan fingerprint density at radius 3 is 2.70 bits per heavy atom. The molecule has 1 heterocycles. The molecular weight excluding hydrogens is 276 g/mol. The van der Waals surface area contributed by atoms with Gasteiger partial charge in [0.15, 0.2) is 0 Å². The summed E-state index contributed by atoms with van der Waals surface area (Å²) >= 11 is 5.98. The van der Waals surface area contributed by atoms with Gasteiger partial charge in [-0.3, -0.25) is 10.0 Å². The summed E-state index contributed by atoms with van der Waals surface area (Å²) in [5.74, 6) is -0.485. The number of hydrogen-bond acceptors (Lipinski definition) is 3. The second kappa shape index (κ2) is 4.90. The third-order valence-electron chi connectivity index (χ3n) is 3.44. The molecule has 0 saturated heterocycles. The van der Waals surface area contributed by atoms with Crippen LogP contribution in [0.1, 0.15) is 5.56 Å². The minimum Gasteiger partial charge on any atom is -0.320 e. The van der Waals surface area contributed by atoms with Crippen molar-refractivity contribution in [3.63, 3.8) is 0 Å². The molecule has 0 spiro atoms. The highest BCUT2D eigenvalue weighted by molar-refractivity contribution is 6.30. The lowest BCUT2D eigenvalue weighted by Crippen LogP contribution is -2.47. The first kappa shape index (κ1) is 13.1. The molecule has 0 radical (unpaired) electrons. The minimum atomic E-state index is -0.690. The number of fused-ring (bicyclic) bond motifs is 1. The first-order chi connectivity index (χ1) is 9.56. The number of anilines is 1. The first-order valence-electron chi connectivity index (χ1n) is 6.23. The normalized spacial score (nSPS) is 18.1. The Kier molecular flexibility index (Phi) is 3.22. The Morgan fingerprint density at radius 2 is 1.95 bits per heavy atom. The Labute approximate surface area is 121 Å². The van der Waals surface area contributed by atoms with Crippen LogP contribution in [0.25, 0.3) is 11.1 Å². The standard InChI is InChI=1S/C15H13ClN2O2/c16-12-3-1-2-9(6-12)10-4-5-11-7-13(17)15(19)18(20)14(11)8-10/h1-6,8,13,20H,7,17H2. The van der Waals surface area contributed by atoms with Gasteiger partial charge in [0, 0.05) is 5.02 Å². The van der Waals surface area contributed by atoms with Gasteiger partial charge in [-0.1, -0.05) is 35.9 Å². The van der Waals surface area contributed by atoms with E-state index in [1.165, 1.54) is 0 Å². The predicted molar refractivity (Wildman–Crippen MR) is 77.8 cm³/mol. The molecule has 1 atom stereocenters. The van der Waals surface area contributed by atoms with Crippen LogP contribution in [0.5, 0.6) is 0 Å². The van der Waals surface area contributed by atoms with Gasteiger partial charge in [-0.15, -0.1) is 0 Å². The highest BCUT2D eigenvalue weighted by atomic mass is 35.5. The molecule has 20 heavy (non-hydrogen) atoms. The fraction of sp³-hybridized carbons (Fsp3) is 0.133. The van der Waals surface area contributed by atoms with Gasteiger partial charge in [0.25, 0.3) is 5.91 Å². The maximum absolute atomic E-state index is 11.7. The van der Waals surface area contributed by atoms with E-state index in [-0.39, 0.29) is 0 Å². The summed E-state index contributed by atoms with van der Waals surface area (Å²) in [7, 11) is 0. The van der Waals surface area contributed by atoms with Crippen molar-refractivity contribution in [2.75, 3.05) is 5.06 Å². The lowest BCUT2D eigenvalue weighted by Gasteiger charge is -2.28. The predicted octanol–water partition coefficient (Wildman–Crippen LogP) is 2.61. The van der Waals surface area contributed by atoms with Gasteiger partial charge in [-0.25, -0.2) is 0 Å². The summed E-state index contributed by atoms with van der Waals surface area (Å²) < 4.78 is 0. The molecule has 1 amide bonds. The van der Waals surface area contributed by atoms with Gasteiger partial charge in [-0.2, -0.15) is 5.06 Å². The van der Waals surface area contributed by atoms with Crippen molar-refractivity contribution in [3.05, 3.63) is 53.1 Å². The largest absolute Gasteiger partial charge is 0.320 e. The molecule has 2 aromatic rings. The van der Waals surface area contributed by atoms with E-state index < -0.39 is 11.9 Å². The van der Waals surface area contributed by atoms with Crippen LogP contribution in [0.15, 0.2) is 42.5 Å². The third kappa shape index (κ3) is 2.18. The molecule has 0 bridgehead atoms. The number of benzene rings is 2. The number of nitrogens with two attached hydrogens (primary N) is 1. The third-order valence-corrected chi connectivity index (χ3v) is 3.67. The van der Waals surface area contributed by atoms with Crippen molar-refractivity contribution >= 4 is 23.2 Å². The van der Waals surface area contributed by atoms with Crippen LogP contribution in [-0.2, 0) is 11.2 Å². The molecule has 3 rings (SSSR count). The summed E-state index contributed by atoms with van der Waals surface area (Å²) in [6.45, 7) is 0. The summed E-state index contributed by atoms with van der Waals surface area (Å²) in [6, 6.07) is 12.3. The van der Waals surface area contributed by atoms with Crippen molar-refractivity contribution in [3.8, 4) is 11.1 Å². The van der Waals surface area contributed by atoms with E-state index in [2.05, 4.69) is 0 Å². The van der Waals surface area contributed by atoms with Crippen molar-refractivity contribution in [1.82, 2.24) is 0 Å². The zero-order valence-corrected chi connectivity index (χ0v) is 11.3. The van der Waals surface area contributed by atoms with Crippen molar-refractivity contribution < 1.29 is 10.0 Å². The second-order valence-electron chi connectivity index (χ2n) is 4.81. The smallest absolute Gasteiger partial charge is 0.267 e. The van der Waals surface area contributed by atoms with Crippen LogP contribution in [0, 0.1) is 0 Å². The van der Waals surface area contributed by atoms with Gasteiger partial charge < -0.3 is 5.73 Å².